The van der Waals surface area contributed by atoms with E-state index >= 15 is 0 Å². The number of para-hydroxylation sites is 1. The van der Waals surface area contributed by atoms with Crippen molar-refractivity contribution < 1.29 is 103 Å². The molecule has 9 heterocycles. The third kappa shape index (κ3) is 11.8. The van der Waals surface area contributed by atoms with Crippen LogP contribution in [0.3, 0.4) is 0 Å². The fourth-order valence-corrected chi connectivity index (χ4v) is 15.0. The smallest absolute Gasteiger partial charge is 0.490 e. The number of ether oxygens (including phenoxy) is 6. The number of nitrogens with zero attached hydrogens (tertiary/aromatic N) is 10. The number of aliphatic hydroxyl groups excluding tert-OH is 2. The Balaban J connectivity index is 0.849. The van der Waals surface area contributed by atoms with Crippen LogP contribution in [0.2, 0.25) is 0 Å². The van der Waals surface area contributed by atoms with Gasteiger partial charge in [0.2, 0.25) is 24.5 Å². The van der Waals surface area contributed by atoms with Gasteiger partial charge in [-0.3, -0.25) is 37.7 Å². The lowest BCUT2D eigenvalue weighted by Gasteiger charge is -2.35. The highest BCUT2D eigenvalue weighted by Crippen LogP contribution is 2.68. The van der Waals surface area contributed by atoms with Crippen molar-refractivity contribution >= 4 is 82.3 Å². The maximum absolute atomic E-state index is 14.6. The minimum absolute atomic E-state index is 0.0101. The lowest BCUT2D eigenvalue weighted by molar-refractivity contribution is -0.646. The Bertz CT molecular complexity index is 3830. The predicted octanol–water partition coefficient (Wildman–Crippen LogP) is -2.29. The van der Waals surface area contributed by atoms with Gasteiger partial charge in [-0.2, -0.15) is 23.2 Å². The molecule has 7 aromatic rings. The van der Waals surface area contributed by atoms with E-state index in [0.29, 0.717) is 0 Å². The van der Waals surface area contributed by atoms with E-state index in [1.165, 1.54) is 45.1 Å². The summed E-state index contributed by atoms with van der Waals surface area (Å²) in [6, 6.07) is 8.10. The van der Waals surface area contributed by atoms with Gasteiger partial charge in [0.15, 0.2) is 41.2 Å². The number of aromatic nitrogens is 12. The van der Waals surface area contributed by atoms with Crippen molar-refractivity contribution in [2.75, 3.05) is 57.8 Å². The average molecular weight is 1230 g/mol. The van der Waals surface area contributed by atoms with E-state index in [1.807, 2.05) is 0 Å². The van der Waals surface area contributed by atoms with Crippen LogP contribution in [0.15, 0.2) is 65.2 Å². The first-order valence-corrected chi connectivity index (χ1v) is 30.0. The molecule has 444 valence electrons. The standard InChI is InChI=1S/C40H51N15O23P4/c1-52-16-55(33-24(52)35(59)51-40(43)49-33)36-25(56)18(9-68-2)19(74-36)10-71-80(62,63)77-82(66,67)78-81(64,65)72-12-21-29(28(69-3)38(76-21)53-14-46-22-30(41)44-13-45-31(22)53)79(60,61)70-11-20-26(57)27(73-17-7-5-4-6-8-17)37(75-20)54-15-47-23-32(54)48-39(42)50-34(23)58/h4-8,13-16,18-21,25-29,36-38,56-57H,9-12H2,1-3H3,(H11-,41,42,43,44,45,48,49,50,51,58,59,60,61,62,63,64,65,66,67)/t18-,19-,20-,21?,25-,26-,27-,28-,29-,36-,37-,38-/m1/s1. The number of hydrogen-bond acceptors (Lipinski definition) is 29. The van der Waals surface area contributed by atoms with E-state index in [2.05, 4.69) is 48.5 Å². The fraction of sp³-hybridized carbons (Fsp3) is 0.475. The van der Waals surface area contributed by atoms with E-state index in [4.69, 9.17) is 59.2 Å². The summed E-state index contributed by atoms with van der Waals surface area (Å²) >= 11 is 0. The first-order chi connectivity index (χ1) is 38.8. The van der Waals surface area contributed by atoms with Gasteiger partial charge in [0.05, 0.1) is 64.0 Å². The second kappa shape index (κ2) is 22.8. The minimum atomic E-state index is -6.22. The Labute approximate surface area is 457 Å². The van der Waals surface area contributed by atoms with Gasteiger partial charge in [0, 0.05) is 20.1 Å². The molecular weight excluding hydrogens is 1180 g/mol. The number of nitrogens with two attached hydrogens (primary N) is 3. The van der Waals surface area contributed by atoms with Crippen LogP contribution >= 0.6 is 31.1 Å². The van der Waals surface area contributed by atoms with Crippen molar-refractivity contribution in [2.45, 2.75) is 67.1 Å². The zero-order chi connectivity index (χ0) is 58.8. The quantitative estimate of drug-likeness (QED) is 0.0252. The number of fused-ring (bicyclic) bond motifs is 3. The molecular formula is C40H51N15O23P4. The number of aliphatic hydroxyl groups is 2. The molecule has 0 bridgehead atoms. The van der Waals surface area contributed by atoms with Gasteiger partial charge in [0.1, 0.15) is 49.6 Å². The molecule has 0 spiro atoms. The molecule has 13 N–H and O–H groups in total. The highest BCUT2D eigenvalue weighted by Gasteiger charge is 2.55. The van der Waals surface area contributed by atoms with E-state index in [9.17, 15) is 57.6 Å². The number of H-pyrrole nitrogens is 2. The Kier molecular flexibility index (Phi) is 16.5. The number of nitrogens with one attached hydrogen (secondary N) is 2. The molecule has 82 heavy (non-hydrogen) atoms. The van der Waals surface area contributed by atoms with E-state index in [-0.39, 0.29) is 63.6 Å². The van der Waals surface area contributed by atoms with Crippen molar-refractivity contribution in [1.82, 2.24) is 53.6 Å². The van der Waals surface area contributed by atoms with Crippen molar-refractivity contribution in [1.29, 1.82) is 0 Å². The lowest BCUT2D eigenvalue weighted by atomic mass is 9.99. The Morgan fingerprint density at radius 2 is 1.27 bits per heavy atom. The molecule has 5 unspecified atom stereocenters. The van der Waals surface area contributed by atoms with Gasteiger partial charge in [-0.05, 0) is 12.1 Å². The molecule has 0 saturated carbocycles. The Morgan fingerprint density at radius 1 is 0.683 bits per heavy atom. The number of phosphoric acid groups is 3. The van der Waals surface area contributed by atoms with Crippen molar-refractivity contribution in [3.63, 3.8) is 0 Å². The minimum Gasteiger partial charge on any atom is -0.778 e. The van der Waals surface area contributed by atoms with Crippen LogP contribution in [-0.2, 0) is 71.2 Å². The normalized spacial score (nSPS) is 28.8. The average Bonchev–Trinajstić information content (AvgIpc) is 4.46. The van der Waals surface area contributed by atoms with E-state index in [0.717, 1.165) is 19.8 Å². The van der Waals surface area contributed by atoms with Crippen LogP contribution in [0.25, 0.3) is 33.5 Å². The third-order valence-electron chi connectivity index (χ3n) is 13.2. The summed E-state index contributed by atoms with van der Waals surface area (Å²) < 4.78 is 119. The molecule has 3 aliphatic heterocycles. The van der Waals surface area contributed by atoms with Gasteiger partial charge in [-0.1, -0.05) is 18.2 Å². The number of methoxy groups -OCH3 is 2. The second-order valence-corrected chi connectivity index (χ2v) is 25.1. The summed E-state index contributed by atoms with van der Waals surface area (Å²) in [7, 11) is -19.8. The number of imidazole rings is 3. The zero-order valence-corrected chi connectivity index (χ0v) is 46.1. The van der Waals surface area contributed by atoms with Crippen molar-refractivity contribution in [2.24, 2.45) is 13.0 Å². The molecule has 3 fully saturated rings. The Morgan fingerprint density at radius 3 is 1.94 bits per heavy atom. The predicted molar refractivity (Wildman–Crippen MR) is 270 cm³/mol. The maximum atomic E-state index is 14.6. The number of anilines is 3. The first kappa shape index (κ1) is 59.1. The van der Waals surface area contributed by atoms with Gasteiger partial charge in [-0.15, -0.1) is 0 Å². The highest BCUT2D eigenvalue weighted by atomic mass is 31.3. The summed E-state index contributed by atoms with van der Waals surface area (Å²) in [4.78, 5) is 101. The topological polar surface area (TPSA) is 534 Å². The van der Waals surface area contributed by atoms with E-state index < -0.39 is 135 Å². The van der Waals surface area contributed by atoms with Crippen LogP contribution in [0.4, 0.5) is 17.7 Å². The molecule has 6 aromatic heterocycles. The SMILES string of the molecule is COC[C@H]1[C@@H](O)[C@H](n2c[n+](C)c3c(=O)[nH]c(N)nc32)O[C@@H]1COP(=O)(O)OP(=O)(O)OP(=O)(O)OCC1O[C@@H](n2cnc3c(N)ncnc32)[C@H](OC)[C@@H]1P(=O)([O-])OC[C@H]1O[C@@H](n2cnc3c(=O)[nH]c(N)nc32)[C@H](Oc2ccccc2)[C@@H]1O. The molecule has 0 amide bonds. The van der Waals surface area contributed by atoms with Crippen LogP contribution in [0, 0.1) is 5.92 Å². The summed E-state index contributed by atoms with van der Waals surface area (Å²) in [5, 5.41) is 23.1. The molecule has 1 aromatic carbocycles. The molecule has 3 saturated heterocycles. The fourth-order valence-electron chi connectivity index (χ4n) is 9.73. The van der Waals surface area contributed by atoms with E-state index in [1.54, 1.807) is 30.3 Å². The molecule has 3 aliphatic rings. The number of aromatic amines is 2. The summed E-state index contributed by atoms with van der Waals surface area (Å²) in [5.74, 6) is -1.46. The molecule has 38 nitrogen and oxygen atoms in total. The number of phosphoric ester groups is 2. The van der Waals surface area contributed by atoms with Crippen molar-refractivity contribution in [3.8, 4) is 5.75 Å². The molecule has 42 heteroatoms. The van der Waals surface area contributed by atoms with Crippen LogP contribution in [-0.4, -0.2) is 168 Å². The highest BCUT2D eigenvalue weighted by molar-refractivity contribution is 7.66. The number of aryl methyl sites for hydroxylation is 1. The third-order valence-corrected chi connectivity index (χ3v) is 19.4. The molecule has 16 atom stereocenters. The summed E-state index contributed by atoms with van der Waals surface area (Å²) in [6.07, 6.45) is -10.6. The monoisotopic (exact) mass is 1230 g/mol. The Hall–Kier alpha value is -6.05. The van der Waals surface area contributed by atoms with Gasteiger partial charge in [0.25, 0.3) is 16.7 Å². The number of nitrogen functional groups attached to an aromatic ring is 3. The van der Waals surface area contributed by atoms with Gasteiger partial charge in [-0.25, -0.2) is 38.2 Å². The zero-order valence-electron chi connectivity index (χ0n) is 42.5. The lowest BCUT2D eigenvalue weighted by Crippen LogP contribution is -2.41. The summed E-state index contributed by atoms with van der Waals surface area (Å²) in [6.45, 7) is -3.51. The maximum Gasteiger partial charge on any atom is 0.490 e. The van der Waals surface area contributed by atoms with Crippen LogP contribution in [0.1, 0.15) is 18.7 Å². The van der Waals surface area contributed by atoms with Gasteiger partial charge < -0.3 is 84.5 Å². The number of benzene rings is 1. The summed E-state index contributed by atoms with van der Waals surface area (Å²) in [5.41, 5.74) is 14.0. The first-order valence-electron chi connectivity index (χ1n) is 23.9. The second-order valence-electron chi connectivity index (χ2n) is 18.5. The van der Waals surface area contributed by atoms with Crippen LogP contribution in [0.5, 0.6) is 5.75 Å². The van der Waals surface area contributed by atoms with Crippen molar-refractivity contribution in [3.05, 3.63) is 76.3 Å². The number of rotatable bonds is 22. The largest absolute Gasteiger partial charge is 0.778 e. The number of hydrogen-bond donors (Lipinski definition) is 10. The molecule has 0 aliphatic carbocycles. The van der Waals surface area contributed by atoms with Crippen LogP contribution < -0.4 is 42.5 Å². The van der Waals surface area contributed by atoms with Gasteiger partial charge >= 0.3 is 29.0 Å². The molecule has 10 rings (SSSR count). The molecule has 0 radical (unpaired) electrons.